The van der Waals surface area contributed by atoms with Gasteiger partial charge in [0, 0.05) is 33.2 Å². The lowest BCUT2D eigenvalue weighted by Crippen LogP contribution is -2.40. The third kappa shape index (κ3) is 2.88. The van der Waals surface area contributed by atoms with Crippen LogP contribution in [0, 0.1) is 0 Å². The highest BCUT2D eigenvalue weighted by atomic mass is 16.2. The van der Waals surface area contributed by atoms with Gasteiger partial charge >= 0.3 is 6.03 Å². The van der Waals surface area contributed by atoms with E-state index in [4.69, 9.17) is 5.73 Å². The smallest absolute Gasteiger partial charge is 0.319 e. The number of carbonyl (C=O) groups is 1. The number of nitrogens with zero attached hydrogens (tertiary/aromatic N) is 2. The molecule has 1 unspecified atom stereocenters. The van der Waals surface area contributed by atoms with Gasteiger partial charge in [-0.05, 0) is 19.3 Å². The first-order valence-electron chi connectivity index (χ1n) is 4.83. The molecule has 1 rings (SSSR count). The molecule has 2 N–H and O–H groups in total. The fourth-order valence-corrected chi connectivity index (χ4v) is 1.60. The van der Waals surface area contributed by atoms with Gasteiger partial charge in [-0.2, -0.15) is 0 Å². The maximum absolute atomic E-state index is 11.6. The van der Waals surface area contributed by atoms with Crippen LogP contribution in [-0.2, 0) is 0 Å². The van der Waals surface area contributed by atoms with Crippen molar-refractivity contribution in [3.63, 3.8) is 0 Å². The normalized spacial score (nSPS) is 23.9. The predicted octanol–water partition coefficient (Wildman–Crippen LogP) is 0.481. The molecule has 0 aliphatic carbocycles. The monoisotopic (exact) mass is 185 g/mol. The molecule has 0 radical (unpaired) electrons. The van der Waals surface area contributed by atoms with E-state index in [1.807, 2.05) is 4.90 Å². The zero-order chi connectivity index (χ0) is 9.84. The summed E-state index contributed by atoms with van der Waals surface area (Å²) in [5, 5.41) is 0. The van der Waals surface area contributed by atoms with Crippen LogP contribution in [0.25, 0.3) is 0 Å². The summed E-state index contributed by atoms with van der Waals surface area (Å²) in [5.41, 5.74) is 5.82. The van der Waals surface area contributed by atoms with Crippen LogP contribution in [0.5, 0.6) is 0 Å². The van der Waals surface area contributed by atoms with Gasteiger partial charge in [0.05, 0.1) is 0 Å². The van der Waals surface area contributed by atoms with Gasteiger partial charge in [-0.25, -0.2) is 4.79 Å². The lowest BCUT2D eigenvalue weighted by Gasteiger charge is -2.24. The molecule has 2 amide bonds. The molecule has 1 atom stereocenters. The Labute approximate surface area is 79.7 Å². The summed E-state index contributed by atoms with van der Waals surface area (Å²) in [6.07, 6.45) is 3.00. The van der Waals surface area contributed by atoms with Crippen molar-refractivity contribution in [1.82, 2.24) is 9.80 Å². The lowest BCUT2D eigenvalue weighted by atomic mass is 10.1. The highest BCUT2D eigenvalue weighted by molar-refractivity contribution is 5.73. The third-order valence-electron chi connectivity index (χ3n) is 2.43. The van der Waals surface area contributed by atoms with Crippen LogP contribution in [0.15, 0.2) is 0 Å². The van der Waals surface area contributed by atoms with Crippen LogP contribution in [0.1, 0.15) is 19.3 Å². The molecule has 4 heteroatoms. The Hall–Kier alpha value is -0.770. The van der Waals surface area contributed by atoms with Gasteiger partial charge in [0.15, 0.2) is 0 Å². The molecule has 0 aromatic carbocycles. The van der Waals surface area contributed by atoms with Crippen molar-refractivity contribution in [2.75, 3.05) is 27.2 Å². The predicted molar refractivity (Wildman–Crippen MR) is 52.5 cm³/mol. The number of carbonyl (C=O) groups excluding carboxylic acids is 1. The maximum Gasteiger partial charge on any atom is 0.319 e. The van der Waals surface area contributed by atoms with Crippen molar-refractivity contribution < 1.29 is 4.79 Å². The van der Waals surface area contributed by atoms with Crippen LogP contribution >= 0.6 is 0 Å². The van der Waals surface area contributed by atoms with Gasteiger partial charge in [0.25, 0.3) is 0 Å². The molecule has 4 nitrogen and oxygen atoms in total. The van der Waals surface area contributed by atoms with Gasteiger partial charge < -0.3 is 15.5 Å². The number of nitrogens with two attached hydrogens (primary N) is 1. The minimum Gasteiger partial charge on any atom is -0.331 e. The number of likely N-dealkylation sites (tertiary alicyclic amines) is 1. The highest BCUT2D eigenvalue weighted by Gasteiger charge is 2.19. The molecule has 1 fully saturated rings. The molecule has 0 aromatic heterocycles. The molecule has 1 saturated heterocycles. The second-order valence-electron chi connectivity index (χ2n) is 3.86. The van der Waals surface area contributed by atoms with Crippen molar-refractivity contribution in [1.29, 1.82) is 0 Å². The maximum atomic E-state index is 11.6. The Kier molecular flexibility index (Phi) is 3.54. The Morgan fingerprint density at radius 2 is 2.08 bits per heavy atom. The van der Waals surface area contributed by atoms with Crippen LogP contribution in [0.3, 0.4) is 0 Å². The van der Waals surface area contributed by atoms with Gasteiger partial charge in [-0.15, -0.1) is 0 Å². The molecule has 1 aliphatic heterocycles. The average Bonchev–Trinajstić information content (AvgIpc) is 2.28. The number of urea groups is 1. The lowest BCUT2D eigenvalue weighted by molar-refractivity contribution is 0.173. The Morgan fingerprint density at radius 3 is 2.69 bits per heavy atom. The Bertz CT molecular complexity index is 182. The molecule has 13 heavy (non-hydrogen) atoms. The summed E-state index contributed by atoms with van der Waals surface area (Å²) in [4.78, 5) is 15.1. The van der Waals surface area contributed by atoms with Crippen molar-refractivity contribution in [2.45, 2.75) is 25.3 Å². The van der Waals surface area contributed by atoms with E-state index >= 15 is 0 Å². The fraction of sp³-hybridized carbons (Fsp3) is 0.889. The summed E-state index contributed by atoms with van der Waals surface area (Å²) in [5.74, 6) is 0. The number of hydrogen-bond acceptors (Lipinski definition) is 2. The molecule has 1 aliphatic rings. The summed E-state index contributed by atoms with van der Waals surface area (Å²) in [6, 6.07) is 0.383. The minimum absolute atomic E-state index is 0.106. The van der Waals surface area contributed by atoms with Gasteiger partial charge in [0.1, 0.15) is 0 Å². The Morgan fingerprint density at radius 1 is 1.38 bits per heavy atom. The molecule has 76 valence electrons. The van der Waals surface area contributed by atoms with Crippen molar-refractivity contribution in [2.24, 2.45) is 5.73 Å². The van der Waals surface area contributed by atoms with Gasteiger partial charge in [0.2, 0.25) is 0 Å². The Balaban J connectivity index is 2.46. The second kappa shape index (κ2) is 4.46. The first-order chi connectivity index (χ1) is 6.11. The molecular weight excluding hydrogens is 166 g/mol. The van der Waals surface area contributed by atoms with E-state index in [9.17, 15) is 4.79 Å². The fourth-order valence-electron chi connectivity index (χ4n) is 1.60. The van der Waals surface area contributed by atoms with E-state index < -0.39 is 0 Å². The van der Waals surface area contributed by atoms with E-state index in [2.05, 4.69) is 0 Å². The molecule has 1 heterocycles. The SMILES string of the molecule is CN(C)C(=O)N1CCCC(N)CC1. The number of hydrogen-bond donors (Lipinski definition) is 1. The number of amides is 2. The molecule has 0 aromatic rings. The largest absolute Gasteiger partial charge is 0.331 e. The summed E-state index contributed by atoms with van der Waals surface area (Å²) >= 11 is 0. The van der Waals surface area contributed by atoms with Crippen LogP contribution in [0.4, 0.5) is 4.79 Å². The average molecular weight is 185 g/mol. The van der Waals surface area contributed by atoms with E-state index in [0.717, 1.165) is 32.4 Å². The second-order valence-corrected chi connectivity index (χ2v) is 3.86. The quantitative estimate of drug-likeness (QED) is 0.597. The van der Waals surface area contributed by atoms with Crippen LogP contribution in [-0.4, -0.2) is 49.1 Å². The van der Waals surface area contributed by atoms with E-state index in [1.54, 1.807) is 19.0 Å². The summed E-state index contributed by atoms with van der Waals surface area (Å²) < 4.78 is 0. The molecule has 0 bridgehead atoms. The minimum atomic E-state index is 0.106. The summed E-state index contributed by atoms with van der Waals surface area (Å²) in [6.45, 7) is 1.66. The molecule has 0 spiro atoms. The third-order valence-corrected chi connectivity index (χ3v) is 2.43. The summed E-state index contributed by atoms with van der Waals surface area (Å²) in [7, 11) is 3.57. The van der Waals surface area contributed by atoms with E-state index in [0.29, 0.717) is 0 Å². The van der Waals surface area contributed by atoms with Crippen molar-refractivity contribution in [3.8, 4) is 0 Å². The van der Waals surface area contributed by atoms with Crippen LogP contribution < -0.4 is 5.73 Å². The molecule has 0 saturated carbocycles. The van der Waals surface area contributed by atoms with Crippen molar-refractivity contribution >= 4 is 6.03 Å². The first-order valence-corrected chi connectivity index (χ1v) is 4.83. The topological polar surface area (TPSA) is 49.6 Å². The van der Waals surface area contributed by atoms with Gasteiger partial charge in [-0.1, -0.05) is 0 Å². The van der Waals surface area contributed by atoms with Crippen LogP contribution in [0.2, 0.25) is 0 Å². The van der Waals surface area contributed by atoms with Crippen molar-refractivity contribution in [3.05, 3.63) is 0 Å². The first kappa shape index (κ1) is 10.3. The highest BCUT2D eigenvalue weighted by Crippen LogP contribution is 2.10. The zero-order valence-electron chi connectivity index (χ0n) is 8.49. The zero-order valence-corrected chi connectivity index (χ0v) is 8.49. The number of rotatable bonds is 0. The molecular formula is C9H19N3O. The van der Waals surface area contributed by atoms with E-state index in [-0.39, 0.29) is 12.1 Å². The standard InChI is InChI=1S/C9H19N3O/c1-11(2)9(13)12-6-3-4-8(10)5-7-12/h8H,3-7,10H2,1-2H3. The van der Waals surface area contributed by atoms with Gasteiger partial charge in [-0.3, -0.25) is 0 Å². The van der Waals surface area contributed by atoms with E-state index in [1.165, 1.54) is 0 Å².